The fourth-order valence-electron chi connectivity index (χ4n) is 2.52. The number of halogens is 1. The third-order valence-corrected chi connectivity index (χ3v) is 3.74. The molecular formula is C15H18FN5. The SMILES string of the molecule is NCc1ccc(N2CCN(c3ncccn3)CC2)cc1F. The second-order valence-electron chi connectivity index (χ2n) is 5.00. The molecule has 3 rings (SSSR count). The maximum atomic E-state index is 13.8. The van der Waals surface area contributed by atoms with Crippen LogP contribution in [0.15, 0.2) is 36.7 Å². The molecule has 1 aliphatic rings. The zero-order valence-electron chi connectivity index (χ0n) is 11.7. The van der Waals surface area contributed by atoms with Crippen molar-refractivity contribution in [1.82, 2.24) is 9.97 Å². The summed E-state index contributed by atoms with van der Waals surface area (Å²) >= 11 is 0. The van der Waals surface area contributed by atoms with Gasteiger partial charge in [-0.05, 0) is 18.2 Å². The van der Waals surface area contributed by atoms with E-state index in [1.807, 2.05) is 12.1 Å². The molecular weight excluding hydrogens is 269 g/mol. The van der Waals surface area contributed by atoms with Crippen LogP contribution in [0.4, 0.5) is 16.0 Å². The van der Waals surface area contributed by atoms with Crippen molar-refractivity contribution in [3.63, 3.8) is 0 Å². The molecule has 2 heterocycles. The van der Waals surface area contributed by atoms with E-state index < -0.39 is 0 Å². The molecule has 0 radical (unpaired) electrons. The van der Waals surface area contributed by atoms with Gasteiger partial charge in [0.05, 0.1) is 0 Å². The molecule has 2 N–H and O–H groups in total. The van der Waals surface area contributed by atoms with E-state index in [9.17, 15) is 4.39 Å². The van der Waals surface area contributed by atoms with Gasteiger partial charge in [0.25, 0.3) is 0 Å². The number of anilines is 2. The maximum absolute atomic E-state index is 13.8. The van der Waals surface area contributed by atoms with Crippen molar-refractivity contribution in [3.05, 3.63) is 48.0 Å². The molecule has 0 bridgehead atoms. The molecule has 5 nitrogen and oxygen atoms in total. The first-order chi connectivity index (χ1) is 10.3. The minimum absolute atomic E-state index is 0.227. The molecule has 0 atom stereocenters. The van der Waals surface area contributed by atoms with Gasteiger partial charge in [-0.2, -0.15) is 0 Å². The van der Waals surface area contributed by atoms with Crippen molar-refractivity contribution in [1.29, 1.82) is 0 Å². The molecule has 1 aromatic carbocycles. The Bertz CT molecular complexity index is 596. The highest BCUT2D eigenvalue weighted by atomic mass is 19.1. The van der Waals surface area contributed by atoms with Crippen LogP contribution in [0, 0.1) is 5.82 Å². The van der Waals surface area contributed by atoms with Crippen LogP contribution in [0.1, 0.15) is 5.56 Å². The van der Waals surface area contributed by atoms with E-state index in [0.29, 0.717) is 5.56 Å². The minimum Gasteiger partial charge on any atom is -0.368 e. The van der Waals surface area contributed by atoms with Gasteiger partial charge in [0.1, 0.15) is 5.82 Å². The largest absolute Gasteiger partial charge is 0.368 e. The number of aromatic nitrogens is 2. The summed E-state index contributed by atoms with van der Waals surface area (Å²) in [6.45, 7) is 3.51. The Kier molecular flexibility index (Phi) is 3.96. The lowest BCUT2D eigenvalue weighted by molar-refractivity contribution is 0.604. The van der Waals surface area contributed by atoms with Crippen LogP contribution in [0.25, 0.3) is 0 Å². The van der Waals surface area contributed by atoms with Crippen LogP contribution < -0.4 is 15.5 Å². The summed E-state index contributed by atoms with van der Waals surface area (Å²) in [5, 5.41) is 0. The second-order valence-corrected chi connectivity index (χ2v) is 5.00. The molecule has 1 fully saturated rings. The predicted octanol–water partition coefficient (Wildman–Crippen LogP) is 1.40. The summed E-state index contributed by atoms with van der Waals surface area (Å²) in [4.78, 5) is 12.8. The average Bonchev–Trinajstić information content (AvgIpc) is 2.56. The van der Waals surface area contributed by atoms with Gasteiger partial charge in [0, 0.05) is 56.4 Å². The van der Waals surface area contributed by atoms with E-state index >= 15 is 0 Å². The molecule has 110 valence electrons. The Balaban J connectivity index is 1.67. The van der Waals surface area contributed by atoms with Gasteiger partial charge < -0.3 is 15.5 Å². The quantitative estimate of drug-likeness (QED) is 0.925. The smallest absolute Gasteiger partial charge is 0.225 e. The zero-order valence-corrected chi connectivity index (χ0v) is 11.7. The van der Waals surface area contributed by atoms with Gasteiger partial charge in [0.15, 0.2) is 0 Å². The third-order valence-electron chi connectivity index (χ3n) is 3.74. The maximum Gasteiger partial charge on any atom is 0.225 e. The van der Waals surface area contributed by atoms with Crippen LogP contribution >= 0.6 is 0 Å². The number of nitrogens with two attached hydrogens (primary N) is 1. The molecule has 0 unspecified atom stereocenters. The Hall–Kier alpha value is -2.21. The summed E-state index contributed by atoms with van der Waals surface area (Å²) in [7, 11) is 0. The molecule has 1 aliphatic heterocycles. The molecule has 1 saturated heterocycles. The Morgan fingerprint density at radius 3 is 2.33 bits per heavy atom. The Morgan fingerprint density at radius 1 is 1.05 bits per heavy atom. The van der Waals surface area contributed by atoms with Crippen molar-refractivity contribution in [2.75, 3.05) is 36.0 Å². The van der Waals surface area contributed by atoms with Gasteiger partial charge >= 0.3 is 0 Å². The first-order valence-electron chi connectivity index (χ1n) is 7.03. The van der Waals surface area contributed by atoms with Crippen molar-refractivity contribution < 1.29 is 4.39 Å². The van der Waals surface area contributed by atoms with Gasteiger partial charge in [0.2, 0.25) is 5.95 Å². The van der Waals surface area contributed by atoms with Gasteiger partial charge in [-0.25, -0.2) is 14.4 Å². The predicted molar refractivity (Wildman–Crippen MR) is 80.7 cm³/mol. The first-order valence-corrected chi connectivity index (χ1v) is 7.03. The highest BCUT2D eigenvalue weighted by Gasteiger charge is 2.19. The fraction of sp³-hybridized carbons (Fsp3) is 0.333. The summed E-state index contributed by atoms with van der Waals surface area (Å²) in [5.41, 5.74) is 6.94. The standard InChI is InChI=1S/C15H18FN5/c16-14-10-13(3-2-12(14)11-17)20-6-8-21(9-7-20)15-18-4-1-5-19-15/h1-5,10H,6-9,11,17H2. The van der Waals surface area contributed by atoms with E-state index in [0.717, 1.165) is 37.8 Å². The van der Waals surface area contributed by atoms with Crippen molar-refractivity contribution in [3.8, 4) is 0 Å². The van der Waals surface area contributed by atoms with E-state index in [1.54, 1.807) is 24.5 Å². The molecule has 0 spiro atoms. The number of nitrogens with zero attached hydrogens (tertiary/aromatic N) is 4. The molecule has 0 amide bonds. The number of hydrogen-bond donors (Lipinski definition) is 1. The highest BCUT2D eigenvalue weighted by Crippen LogP contribution is 2.21. The van der Waals surface area contributed by atoms with Crippen LogP contribution in [-0.2, 0) is 6.54 Å². The number of hydrogen-bond acceptors (Lipinski definition) is 5. The van der Waals surface area contributed by atoms with E-state index in [4.69, 9.17) is 5.73 Å². The lowest BCUT2D eigenvalue weighted by Crippen LogP contribution is -2.47. The average molecular weight is 287 g/mol. The highest BCUT2D eigenvalue weighted by molar-refractivity contribution is 5.50. The molecule has 21 heavy (non-hydrogen) atoms. The van der Waals surface area contributed by atoms with Crippen LogP contribution in [0.5, 0.6) is 0 Å². The Morgan fingerprint density at radius 2 is 1.71 bits per heavy atom. The Labute approximate surface area is 123 Å². The zero-order chi connectivity index (χ0) is 14.7. The topological polar surface area (TPSA) is 58.3 Å². The van der Waals surface area contributed by atoms with Crippen molar-refractivity contribution in [2.45, 2.75) is 6.54 Å². The van der Waals surface area contributed by atoms with Crippen LogP contribution in [0.3, 0.4) is 0 Å². The summed E-state index contributed by atoms with van der Waals surface area (Å²) in [6, 6.07) is 7.07. The van der Waals surface area contributed by atoms with E-state index in [1.165, 1.54) is 0 Å². The molecule has 6 heteroatoms. The molecule has 1 aromatic heterocycles. The fourth-order valence-corrected chi connectivity index (χ4v) is 2.52. The van der Waals surface area contributed by atoms with Crippen molar-refractivity contribution >= 4 is 11.6 Å². The normalized spacial score (nSPS) is 15.3. The van der Waals surface area contributed by atoms with Gasteiger partial charge in [-0.3, -0.25) is 0 Å². The minimum atomic E-state index is -0.233. The number of rotatable bonds is 3. The summed E-state index contributed by atoms with van der Waals surface area (Å²) in [6.07, 6.45) is 3.49. The van der Waals surface area contributed by atoms with Gasteiger partial charge in [-0.1, -0.05) is 6.07 Å². The third kappa shape index (κ3) is 2.95. The van der Waals surface area contributed by atoms with Crippen LogP contribution in [-0.4, -0.2) is 36.1 Å². The first kappa shape index (κ1) is 13.8. The lowest BCUT2D eigenvalue weighted by Gasteiger charge is -2.36. The molecule has 0 saturated carbocycles. The molecule has 0 aliphatic carbocycles. The van der Waals surface area contributed by atoms with Crippen molar-refractivity contribution in [2.24, 2.45) is 5.73 Å². The van der Waals surface area contributed by atoms with Crippen LogP contribution in [0.2, 0.25) is 0 Å². The van der Waals surface area contributed by atoms with Gasteiger partial charge in [-0.15, -0.1) is 0 Å². The van der Waals surface area contributed by atoms with E-state index in [2.05, 4.69) is 19.8 Å². The summed E-state index contributed by atoms with van der Waals surface area (Å²) < 4.78 is 13.8. The summed E-state index contributed by atoms with van der Waals surface area (Å²) in [5.74, 6) is 0.519. The number of piperazine rings is 1. The second kappa shape index (κ2) is 6.05. The molecule has 2 aromatic rings. The van der Waals surface area contributed by atoms with E-state index in [-0.39, 0.29) is 12.4 Å². The lowest BCUT2D eigenvalue weighted by atomic mass is 10.1. The monoisotopic (exact) mass is 287 g/mol. The number of benzene rings is 1.